The number of aliphatic hydroxyl groups is 5. The molecule has 6 N–H and O–H groups in total. The Morgan fingerprint density at radius 2 is 1.48 bits per heavy atom. The van der Waals surface area contributed by atoms with Crippen molar-refractivity contribution in [2.45, 2.75) is 55.3 Å². The minimum absolute atomic E-state index is 0.0424. The van der Waals surface area contributed by atoms with Crippen molar-refractivity contribution in [3.63, 3.8) is 0 Å². The molecule has 8 atom stereocenters. The Morgan fingerprint density at radius 1 is 0.786 bits per heavy atom. The molecule has 0 unspecified atom stereocenters. The number of methoxy groups -OCH3 is 4. The van der Waals surface area contributed by atoms with E-state index in [1.54, 1.807) is 18.2 Å². The van der Waals surface area contributed by atoms with Gasteiger partial charge in [-0.25, -0.2) is 9.59 Å². The number of carbonyl (C=O) groups excluding carboxylic acids is 2. The van der Waals surface area contributed by atoms with Gasteiger partial charge in [-0.05, 0) is 59.7 Å². The van der Waals surface area contributed by atoms with Crippen LogP contribution < -0.4 is 23.7 Å². The van der Waals surface area contributed by atoms with E-state index in [1.807, 2.05) is 0 Å². The van der Waals surface area contributed by atoms with E-state index in [9.17, 15) is 40.2 Å². The van der Waals surface area contributed by atoms with Crippen LogP contribution >= 0.6 is 0 Å². The van der Waals surface area contributed by atoms with Gasteiger partial charge in [-0.1, -0.05) is 12.1 Å². The Kier molecular flexibility index (Phi) is 14.0. The summed E-state index contributed by atoms with van der Waals surface area (Å²) in [6, 6.07) is 13.4. The molecule has 304 valence electrons. The van der Waals surface area contributed by atoms with Gasteiger partial charge in [-0.3, -0.25) is 0 Å². The Morgan fingerprint density at radius 3 is 2.20 bits per heavy atom. The number of phenols is 1. The fourth-order valence-corrected chi connectivity index (χ4v) is 5.69. The van der Waals surface area contributed by atoms with Gasteiger partial charge >= 0.3 is 11.9 Å². The molecule has 18 nitrogen and oxygen atoms in total. The van der Waals surface area contributed by atoms with Crippen LogP contribution in [0.4, 0.5) is 0 Å². The van der Waals surface area contributed by atoms with Gasteiger partial charge in [0.05, 0.1) is 47.2 Å². The van der Waals surface area contributed by atoms with E-state index in [2.05, 4.69) is 0 Å². The largest absolute Gasteiger partial charge is 0.504 e. The van der Waals surface area contributed by atoms with Crippen LogP contribution in [-0.4, -0.2) is 140 Å². The molecule has 5 rings (SSSR count). The Hall–Kier alpha value is -5.18. The molecule has 2 aliphatic heterocycles. The first-order valence-corrected chi connectivity index (χ1v) is 17.1. The predicted molar refractivity (Wildman–Crippen MR) is 190 cm³/mol. The van der Waals surface area contributed by atoms with Crippen molar-refractivity contribution in [3.05, 3.63) is 77.4 Å². The number of aromatic hydroxyl groups is 1. The van der Waals surface area contributed by atoms with Crippen LogP contribution in [0, 0.1) is 0 Å². The summed E-state index contributed by atoms with van der Waals surface area (Å²) in [5.41, 5.74) is -0.857. The molecule has 18 heteroatoms. The van der Waals surface area contributed by atoms with Crippen molar-refractivity contribution in [2.75, 3.05) is 48.3 Å². The quantitative estimate of drug-likeness (QED) is 0.0863. The van der Waals surface area contributed by atoms with Gasteiger partial charge in [0.25, 0.3) is 0 Å². The molecule has 3 aromatic rings. The maximum absolute atomic E-state index is 12.7. The second kappa shape index (κ2) is 18.6. The lowest BCUT2D eigenvalue weighted by Gasteiger charge is -2.40. The van der Waals surface area contributed by atoms with Crippen molar-refractivity contribution in [1.29, 1.82) is 0 Å². The average molecular weight is 789 g/mol. The van der Waals surface area contributed by atoms with Gasteiger partial charge < -0.3 is 78.0 Å². The lowest BCUT2D eigenvalue weighted by atomic mass is 9.99. The van der Waals surface area contributed by atoms with Crippen molar-refractivity contribution < 1.29 is 87.6 Å². The summed E-state index contributed by atoms with van der Waals surface area (Å²) in [6.45, 7) is -1.80. The highest BCUT2D eigenvalue weighted by Gasteiger charge is 2.51. The highest BCUT2D eigenvalue weighted by molar-refractivity contribution is 5.90. The van der Waals surface area contributed by atoms with Crippen LogP contribution in [0.25, 0.3) is 6.08 Å². The minimum atomic E-state index is -2.07. The number of hydrogen-bond acceptors (Lipinski definition) is 18. The molecular weight excluding hydrogens is 744 g/mol. The third-order valence-corrected chi connectivity index (χ3v) is 8.94. The maximum Gasteiger partial charge on any atom is 0.338 e. The first-order chi connectivity index (χ1) is 26.8. The first kappa shape index (κ1) is 42.0. The number of carbonyl (C=O) groups is 2. The maximum atomic E-state index is 12.7. The summed E-state index contributed by atoms with van der Waals surface area (Å²) >= 11 is 0. The summed E-state index contributed by atoms with van der Waals surface area (Å²) in [5, 5.41) is 63.5. The number of aliphatic hydroxyl groups excluding tert-OH is 4. The van der Waals surface area contributed by atoms with Crippen LogP contribution in [-0.2, 0) is 35.1 Å². The summed E-state index contributed by atoms with van der Waals surface area (Å²) in [5.74, 6) is -0.369. The smallest absolute Gasteiger partial charge is 0.338 e. The minimum Gasteiger partial charge on any atom is -0.504 e. The Bertz CT molecular complexity index is 1850. The Balaban J connectivity index is 1.14. The zero-order chi connectivity index (χ0) is 40.6. The van der Waals surface area contributed by atoms with Gasteiger partial charge in [0.15, 0.2) is 46.4 Å². The molecule has 2 fully saturated rings. The number of rotatable bonds is 16. The zero-order valence-corrected chi connectivity index (χ0v) is 30.8. The van der Waals surface area contributed by atoms with Crippen LogP contribution in [0.5, 0.6) is 34.5 Å². The molecule has 0 radical (unpaired) electrons. The molecule has 2 saturated heterocycles. The molecular formula is C38H44O18. The highest BCUT2D eigenvalue weighted by Crippen LogP contribution is 2.34. The van der Waals surface area contributed by atoms with Gasteiger partial charge in [-0.2, -0.15) is 0 Å². The SMILES string of the molecule is COc1cc(C=CC(=O)OCc2ccc(O[C@@H]3O[C@H](CO[C@@H]4OC[C@](O)(COC(=O)c5ccc(OC)c(OC)c5)[C@H]4O)[C@@H](O)[C@H](O)[C@H]3O)c(OC)c2)ccc1O. The van der Waals surface area contributed by atoms with E-state index in [0.29, 0.717) is 16.9 Å². The predicted octanol–water partition coefficient (Wildman–Crippen LogP) is 0.692. The highest BCUT2D eigenvalue weighted by atomic mass is 16.7. The third kappa shape index (κ3) is 9.78. The number of phenolic OH excluding ortho intramolecular Hbond substituents is 1. The zero-order valence-electron chi connectivity index (χ0n) is 30.8. The normalized spacial score (nSPS) is 26.1. The van der Waals surface area contributed by atoms with Crippen molar-refractivity contribution in [1.82, 2.24) is 0 Å². The van der Waals surface area contributed by atoms with Gasteiger partial charge in [0.2, 0.25) is 6.29 Å². The molecule has 0 spiro atoms. The monoisotopic (exact) mass is 788 g/mol. The fraction of sp³-hybridized carbons (Fsp3) is 0.421. The van der Waals surface area contributed by atoms with Gasteiger partial charge in [0, 0.05) is 6.08 Å². The standard InChI is InChI=1S/C38H44O18/c1-47-24-11-8-22(15-28(24)50-4)35(45)53-18-38(46)19-54-37(34(38)44)52-17-29-31(41)32(42)33(43)36(56-29)55-25-10-6-21(14-27(25)49-3)16-51-30(40)12-7-20-5-9-23(39)26(13-20)48-2/h5-15,29,31-34,36-37,39,41-44,46H,16-19H2,1-4H3/t29-,31-,32+,33-,34+,36-,37-,38-/m1/s1. The van der Waals surface area contributed by atoms with Crippen LogP contribution in [0.3, 0.4) is 0 Å². The third-order valence-electron chi connectivity index (χ3n) is 8.94. The number of esters is 2. The lowest BCUT2D eigenvalue weighted by molar-refractivity contribution is -0.289. The lowest BCUT2D eigenvalue weighted by Crippen LogP contribution is -2.60. The summed E-state index contributed by atoms with van der Waals surface area (Å²) < 4.78 is 53.9. The molecule has 0 saturated carbocycles. The molecule has 2 aliphatic rings. The number of hydrogen-bond donors (Lipinski definition) is 6. The van der Waals surface area contributed by atoms with E-state index in [4.69, 9.17) is 47.4 Å². The molecule has 0 aliphatic carbocycles. The van der Waals surface area contributed by atoms with E-state index in [-0.39, 0.29) is 40.9 Å². The fourth-order valence-electron chi connectivity index (χ4n) is 5.69. The molecule has 56 heavy (non-hydrogen) atoms. The van der Waals surface area contributed by atoms with E-state index >= 15 is 0 Å². The summed E-state index contributed by atoms with van der Waals surface area (Å²) in [6.07, 6.45) is -8.52. The van der Waals surface area contributed by atoms with Gasteiger partial charge in [0.1, 0.15) is 43.7 Å². The van der Waals surface area contributed by atoms with E-state index in [0.717, 1.165) is 0 Å². The van der Waals surface area contributed by atoms with Crippen molar-refractivity contribution in [2.24, 2.45) is 0 Å². The molecule has 2 heterocycles. The van der Waals surface area contributed by atoms with E-state index < -0.39 is 80.5 Å². The van der Waals surface area contributed by atoms with Crippen molar-refractivity contribution in [3.8, 4) is 34.5 Å². The topological polar surface area (TPSA) is 248 Å². The second-order valence-electron chi connectivity index (χ2n) is 12.7. The summed E-state index contributed by atoms with van der Waals surface area (Å²) in [7, 11) is 5.60. The first-order valence-electron chi connectivity index (χ1n) is 17.1. The number of ether oxygens (including phenoxy) is 10. The molecule has 0 bridgehead atoms. The van der Waals surface area contributed by atoms with E-state index in [1.165, 1.54) is 77.0 Å². The number of benzene rings is 3. The van der Waals surface area contributed by atoms with Crippen LogP contribution in [0.1, 0.15) is 21.5 Å². The van der Waals surface area contributed by atoms with Crippen LogP contribution in [0.2, 0.25) is 0 Å². The Labute approximate surface area is 320 Å². The molecule has 0 aromatic heterocycles. The second-order valence-corrected chi connectivity index (χ2v) is 12.7. The summed E-state index contributed by atoms with van der Waals surface area (Å²) in [4.78, 5) is 25.0. The average Bonchev–Trinajstić information content (AvgIpc) is 3.50. The van der Waals surface area contributed by atoms with Gasteiger partial charge in [-0.15, -0.1) is 0 Å². The van der Waals surface area contributed by atoms with Crippen molar-refractivity contribution >= 4 is 18.0 Å². The molecule has 0 amide bonds. The van der Waals surface area contributed by atoms with Crippen LogP contribution in [0.15, 0.2) is 60.7 Å². The molecule has 3 aromatic carbocycles.